The van der Waals surface area contributed by atoms with Crippen LogP contribution in [0.3, 0.4) is 0 Å². The molecule has 1 saturated heterocycles. The summed E-state index contributed by atoms with van der Waals surface area (Å²) in [7, 11) is 0. The Labute approximate surface area is 181 Å². The summed E-state index contributed by atoms with van der Waals surface area (Å²) in [6, 6.07) is 11.2. The molecule has 0 aliphatic carbocycles. The van der Waals surface area contributed by atoms with Crippen LogP contribution in [0.2, 0.25) is 0 Å². The zero-order chi connectivity index (χ0) is 22.4. The lowest BCUT2D eigenvalue weighted by atomic mass is 10.1. The number of piperazine rings is 1. The largest absolute Gasteiger partial charge is 0.343 e. The van der Waals surface area contributed by atoms with Crippen molar-refractivity contribution in [2.45, 2.75) is 13.8 Å². The fourth-order valence-corrected chi connectivity index (χ4v) is 3.38. The maximum Gasteiger partial charge on any atom is 0.251 e. The molecule has 0 saturated carbocycles. The highest BCUT2D eigenvalue weighted by Crippen LogP contribution is 2.11. The summed E-state index contributed by atoms with van der Waals surface area (Å²) in [6.45, 7) is 6.08. The number of amides is 3. The molecule has 0 unspecified atom stereocenters. The van der Waals surface area contributed by atoms with Crippen LogP contribution in [0, 0.1) is 19.7 Å². The molecule has 3 amide bonds. The first-order valence-electron chi connectivity index (χ1n) is 10.2. The number of halogens is 1. The molecule has 8 heteroatoms. The van der Waals surface area contributed by atoms with Crippen LogP contribution in [0.5, 0.6) is 0 Å². The second-order valence-electron chi connectivity index (χ2n) is 7.70. The van der Waals surface area contributed by atoms with E-state index in [2.05, 4.69) is 10.6 Å². The Balaban J connectivity index is 1.40. The fraction of sp³-hybridized carbons (Fsp3) is 0.348. The highest BCUT2D eigenvalue weighted by Gasteiger charge is 2.23. The van der Waals surface area contributed by atoms with E-state index in [0.717, 1.165) is 11.1 Å². The Kier molecular flexibility index (Phi) is 7.36. The third-order valence-electron chi connectivity index (χ3n) is 5.37. The molecule has 0 radical (unpaired) electrons. The van der Waals surface area contributed by atoms with Gasteiger partial charge in [-0.25, -0.2) is 4.39 Å². The number of benzene rings is 2. The van der Waals surface area contributed by atoms with Crippen LogP contribution in [0.25, 0.3) is 0 Å². The van der Waals surface area contributed by atoms with Gasteiger partial charge in [0.15, 0.2) is 0 Å². The SMILES string of the molecule is Cc1ccc(C(=O)NCC(=O)N2CCN(CC(=O)Nc3cccc(F)c3)CC2)cc1C. The van der Waals surface area contributed by atoms with Gasteiger partial charge in [0.2, 0.25) is 11.8 Å². The molecule has 31 heavy (non-hydrogen) atoms. The Hall–Kier alpha value is -3.26. The van der Waals surface area contributed by atoms with E-state index in [1.165, 1.54) is 18.2 Å². The summed E-state index contributed by atoms with van der Waals surface area (Å²) in [5.41, 5.74) is 3.08. The first-order chi connectivity index (χ1) is 14.8. The van der Waals surface area contributed by atoms with Crippen molar-refractivity contribution in [2.75, 3.05) is 44.6 Å². The predicted octanol–water partition coefficient (Wildman–Crippen LogP) is 1.96. The molecule has 7 nitrogen and oxygen atoms in total. The Bertz CT molecular complexity index is 971. The van der Waals surface area contributed by atoms with E-state index in [1.807, 2.05) is 30.9 Å². The van der Waals surface area contributed by atoms with Gasteiger partial charge >= 0.3 is 0 Å². The van der Waals surface area contributed by atoms with E-state index in [4.69, 9.17) is 0 Å². The lowest BCUT2D eigenvalue weighted by Crippen LogP contribution is -2.52. The van der Waals surface area contributed by atoms with Gasteiger partial charge in [0.1, 0.15) is 5.82 Å². The number of nitrogens with one attached hydrogen (secondary N) is 2. The van der Waals surface area contributed by atoms with E-state index >= 15 is 0 Å². The molecular formula is C23H27FN4O3. The summed E-state index contributed by atoms with van der Waals surface area (Å²) in [6.07, 6.45) is 0. The van der Waals surface area contributed by atoms with Gasteiger partial charge < -0.3 is 15.5 Å². The first kappa shape index (κ1) is 22.4. The van der Waals surface area contributed by atoms with Gasteiger partial charge in [-0.1, -0.05) is 12.1 Å². The smallest absolute Gasteiger partial charge is 0.251 e. The third-order valence-corrected chi connectivity index (χ3v) is 5.37. The summed E-state index contributed by atoms with van der Waals surface area (Å²) in [4.78, 5) is 40.5. The summed E-state index contributed by atoms with van der Waals surface area (Å²) >= 11 is 0. The van der Waals surface area contributed by atoms with Crippen LogP contribution in [0.1, 0.15) is 21.5 Å². The normalized spacial score (nSPS) is 14.2. The van der Waals surface area contributed by atoms with Crippen LogP contribution in [-0.4, -0.2) is 66.8 Å². The monoisotopic (exact) mass is 426 g/mol. The molecule has 2 aromatic rings. The molecular weight excluding hydrogens is 399 g/mol. The Morgan fingerprint density at radius 1 is 0.968 bits per heavy atom. The van der Waals surface area contributed by atoms with Crippen LogP contribution >= 0.6 is 0 Å². The number of aryl methyl sites for hydroxylation is 2. The number of carbonyl (C=O) groups excluding carboxylic acids is 3. The van der Waals surface area contributed by atoms with Crippen molar-refractivity contribution in [1.82, 2.24) is 15.1 Å². The molecule has 0 aromatic heterocycles. The van der Waals surface area contributed by atoms with E-state index in [0.29, 0.717) is 37.4 Å². The lowest BCUT2D eigenvalue weighted by Gasteiger charge is -2.34. The number of hydrogen-bond donors (Lipinski definition) is 2. The molecule has 0 bridgehead atoms. The van der Waals surface area contributed by atoms with Gasteiger partial charge in [-0.05, 0) is 55.3 Å². The van der Waals surface area contributed by atoms with Gasteiger partial charge in [0.25, 0.3) is 5.91 Å². The van der Waals surface area contributed by atoms with Crippen molar-refractivity contribution < 1.29 is 18.8 Å². The number of anilines is 1. The minimum atomic E-state index is -0.408. The molecule has 0 spiro atoms. The zero-order valence-corrected chi connectivity index (χ0v) is 17.8. The maximum atomic E-state index is 13.2. The van der Waals surface area contributed by atoms with Gasteiger partial charge in [0, 0.05) is 37.4 Å². The third kappa shape index (κ3) is 6.36. The van der Waals surface area contributed by atoms with E-state index in [9.17, 15) is 18.8 Å². The van der Waals surface area contributed by atoms with Gasteiger partial charge in [-0.2, -0.15) is 0 Å². The summed E-state index contributed by atoms with van der Waals surface area (Å²) in [5, 5.41) is 5.35. The molecule has 1 heterocycles. The summed E-state index contributed by atoms with van der Waals surface area (Å²) < 4.78 is 13.2. The zero-order valence-electron chi connectivity index (χ0n) is 17.8. The van der Waals surface area contributed by atoms with Crippen LogP contribution in [-0.2, 0) is 9.59 Å². The quantitative estimate of drug-likeness (QED) is 0.740. The van der Waals surface area contributed by atoms with Crippen LogP contribution < -0.4 is 10.6 Å². The standard InChI is InChI=1S/C23H27FN4O3/c1-16-6-7-18(12-17(16)2)23(31)25-14-22(30)28-10-8-27(9-11-28)15-21(29)26-20-5-3-4-19(24)13-20/h3-7,12-13H,8-11,14-15H2,1-2H3,(H,25,31)(H,26,29). The summed E-state index contributed by atoms with van der Waals surface area (Å²) in [5.74, 6) is -1.06. The average molecular weight is 426 g/mol. The second-order valence-corrected chi connectivity index (χ2v) is 7.70. The van der Waals surface area contributed by atoms with Crippen LogP contribution in [0.15, 0.2) is 42.5 Å². The van der Waals surface area contributed by atoms with Crippen molar-refractivity contribution in [1.29, 1.82) is 0 Å². The molecule has 2 N–H and O–H groups in total. The molecule has 1 fully saturated rings. The van der Waals surface area contributed by atoms with Crippen LogP contribution in [0.4, 0.5) is 10.1 Å². The van der Waals surface area contributed by atoms with E-state index in [-0.39, 0.29) is 30.8 Å². The predicted molar refractivity (Wildman–Crippen MR) is 116 cm³/mol. The number of rotatable bonds is 6. The molecule has 1 aliphatic heterocycles. The Morgan fingerprint density at radius 3 is 2.39 bits per heavy atom. The highest BCUT2D eigenvalue weighted by atomic mass is 19.1. The first-order valence-corrected chi connectivity index (χ1v) is 10.2. The van der Waals surface area contributed by atoms with Crippen molar-refractivity contribution in [3.8, 4) is 0 Å². The van der Waals surface area contributed by atoms with Crippen molar-refractivity contribution in [3.63, 3.8) is 0 Å². The second kappa shape index (κ2) is 10.2. The fourth-order valence-electron chi connectivity index (χ4n) is 3.38. The van der Waals surface area contributed by atoms with Crippen molar-refractivity contribution >= 4 is 23.4 Å². The lowest BCUT2D eigenvalue weighted by molar-refractivity contribution is -0.132. The topological polar surface area (TPSA) is 81.8 Å². The average Bonchev–Trinajstić information content (AvgIpc) is 2.74. The molecule has 1 aliphatic rings. The Morgan fingerprint density at radius 2 is 1.71 bits per heavy atom. The van der Waals surface area contributed by atoms with E-state index < -0.39 is 5.82 Å². The molecule has 164 valence electrons. The number of nitrogens with zero attached hydrogens (tertiary/aromatic N) is 2. The van der Waals surface area contributed by atoms with Gasteiger partial charge in [-0.15, -0.1) is 0 Å². The van der Waals surface area contributed by atoms with Crippen molar-refractivity contribution in [3.05, 3.63) is 65.0 Å². The van der Waals surface area contributed by atoms with Crippen molar-refractivity contribution in [2.24, 2.45) is 0 Å². The minimum Gasteiger partial charge on any atom is -0.343 e. The molecule has 3 rings (SSSR count). The molecule has 2 aromatic carbocycles. The van der Waals surface area contributed by atoms with Gasteiger partial charge in [0.05, 0.1) is 13.1 Å². The minimum absolute atomic E-state index is 0.0637. The molecule has 0 atom stereocenters. The number of hydrogen-bond acceptors (Lipinski definition) is 4. The maximum absolute atomic E-state index is 13.2. The highest BCUT2D eigenvalue weighted by molar-refractivity contribution is 5.96. The van der Waals surface area contributed by atoms with E-state index in [1.54, 1.807) is 17.0 Å². The number of carbonyl (C=O) groups is 3. The van der Waals surface area contributed by atoms with Gasteiger partial charge in [-0.3, -0.25) is 19.3 Å².